The van der Waals surface area contributed by atoms with E-state index in [-0.39, 0.29) is 5.41 Å². The third-order valence-corrected chi connectivity index (χ3v) is 4.73. The number of hydrogen-bond donors (Lipinski definition) is 0. The molecule has 0 aliphatic carbocycles. The van der Waals surface area contributed by atoms with Crippen LogP contribution >= 0.6 is 11.8 Å². The SMILES string of the molecule is C[C@@H]1CN(Cl)C[C@@]1(C)c1ccc2ccccc2c1. The molecule has 0 bridgehead atoms. The van der Waals surface area contributed by atoms with E-state index in [1.54, 1.807) is 0 Å². The second-order valence-corrected chi connectivity index (χ2v) is 6.16. The molecular weight excluding hydrogens is 242 g/mol. The highest BCUT2D eigenvalue weighted by Crippen LogP contribution is 2.40. The van der Waals surface area contributed by atoms with Gasteiger partial charge in [0.05, 0.1) is 0 Å². The van der Waals surface area contributed by atoms with E-state index in [0.717, 1.165) is 13.1 Å². The van der Waals surface area contributed by atoms with Crippen LogP contribution < -0.4 is 0 Å². The highest BCUT2D eigenvalue weighted by molar-refractivity contribution is 6.13. The zero-order valence-corrected chi connectivity index (χ0v) is 11.6. The van der Waals surface area contributed by atoms with Crippen LogP contribution in [0.3, 0.4) is 0 Å². The lowest BCUT2D eigenvalue weighted by molar-refractivity contribution is 0.401. The zero-order chi connectivity index (χ0) is 12.8. The molecule has 0 radical (unpaired) electrons. The summed E-state index contributed by atoms with van der Waals surface area (Å²) in [6.45, 7) is 6.50. The molecule has 2 aromatic carbocycles. The molecule has 0 unspecified atom stereocenters. The molecule has 1 aliphatic heterocycles. The van der Waals surface area contributed by atoms with Gasteiger partial charge in [-0.25, -0.2) is 4.42 Å². The van der Waals surface area contributed by atoms with Gasteiger partial charge in [-0.15, -0.1) is 0 Å². The van der Waals surface area contributed by atoms with Crippen molar-refractivity contribution in [3.8, 4) is 0 Å². The molecule has 94 valence electrons. The average Bonchev–Trinajstić information content (AvgIpc) is 2.63. The van der Waals surface area contributed by atoms with Crippen molar-refractivity contribution >= 4 is 22.5 Å². The maximum atomic E-state index is 6.19. The van der Waals surface area contributed by atoms with Crippen molar-refractivity contribution in [1.82, 2.24) is 4.42 Å². The minimum Gasteiger partial charge on any atom is -0.219 e. The van der Waals surface area contributed by atoms with Gasteiger partial charge in [-0.3, -0.25) is 0 Å². The monoisotopic (exact) mass is 259 g/mol. The lowest BCUT2D eigenvalue weighted by Gasteiger charge is -2.29. The largest absolute Gasteiger partial charge is 0.219 e. The molecule has 0 aromatic heterocycles. The van der Waals surface area contributed by atoms with Gasteiger partial charge in [0.15, 0.2) is 0 Å². The first-order chi connectivity index (χ1) is 8.59. The summed E-state index contributed by atoms with van der Waals surface area (Å²) in [5.41, 5.74) is 1.56. The molecule has 1 aliphatic rings. The molecular formula is C16H18ClN. The van der Waals surface area contributed by atoms with Gasteiger partial charge >= 0.3 is 0 Å². The molecule has 2 heteroatoms. The summed E-state index contributed by atoms with van der Waals surface area (Å²) in [6.07, 6.45) is 0. The number of fused-ring (bicyclic) bond motifs is 1. The zero-order valence-electron chi connectivity index (χ0n) is 10.9. The predicted octanol–water partition coefficient (Wildman–Crippen LogP) is 4.20. The normalized spacial score (nSPS) is 28.9. The summed E-state index contributed by atoms with van der Waals surface area (Å²) >= 11 is 6.19. The van der Waals surface area contributed by atoms with Crippen LogP contribution in [0.25, 0.3) is 10.8 Å². The Bertz CT molecular complexity index is 580. The molecule has 1 nitrogen and oxygen atoms in total. The molecule has 18 heavy (non-hydrogen) atoms. The van der Waals surface area contributed by atoms with Crippen molar-refractivity contribution in [2.24, 2.45) is 5.92 Å². The van der Waals surface area contributed by atoms with Crippen LogP contribution in [0.5, 0.6) is 0 Å². The minimum absolute atomic E-state index is 0.159. The fourth-order valence-electron chi connectivity index (χ4n) is 3.00. The lowest BCUT2D eigenvalue weighted by atomic mass is 9.74. The lowest BCUT2D eigenvalue weighted by Crippen LogP contribution is -2.29. The second kappa shape index (κ2) is 4.25. The third kappa shape index (κ3) is 1.82. The molecule has 0 amide bonds. The Morgan fingerprint density at radius 3 is 2.56 bits per heavy atom. The minimum atomic E-state index is 0.159. The molecule has 3 rings (SSSR count). The maximum absolute atomic E-state index is 6.19. The van der Waals surface area contributed by atoms with E-state index >= 15 is 0 Å². The van der Waals surface area contributed by atoms with Crippen LogP contribution in [0.1, 0.15) is 19.4 Å². The van der Waals surface area contributed by atoms with Crippen LogP contribution in [-0.2, 0) is 5.41 Å². The van der Waals surface area contributed by atoms with Gasteiger partial charge in [-0.05, 0) is 34.0 Å². The number of rotatable bonds is 1. The van der Waals surface area contributed by atoms with Gasteiger partial charge < -0.3 is 0 Å². The van der Waals surface area contributed by atoms with Crippen molar-refractivity contribution in [2.45, 2.75) is 19.3 Å². The number of halogens is 1. The molecule has 2 aromatic rings. The summed E-state index contributed by atoms with van der Waals surface area (Å²) in [5.74, 6) is 0.580. The summed E-state index contributed by atoms with van der Waals surface area (Å²) in [4.78, 5) is 0. The first-order valence-electron chi connectivity index (χ1n) is 6.49. The van der Waals surface area contributed by atoms with Crippen LogP contribution in [0.15, 0.2) is 42.5 Å². The molecule has 2 atom stereocenters. The maximum Gasteiger partial charge on any atom is 0.0236 e. The van der Waals surface area contributed by atoms with Crippen molar-refractivity contribution in [2.75, 3.05) is 13.1 Å². The third-order valence-electron chi connectivity index (χ3n) is 4.47. The van der Waals surface area contributed by atoms with Gasteiger partial charge in [0.1, 0.15) is 0 Å². The average molecular weight is 260 g/mol. The van der Waals surface area contributed by atoms with E-state index in [4.69, 9.17) is 11.8 Å². The molecule has 0 N–H and O–H groups in total. The van der Waals surface area contributed by atoms with Gasteiger partial charge in [0.2, 0.25) is 0 Å². The van der Waals surface area contributed by atoms with E-state index in [1.807, 2.05) is 4.42 Å². The molecule has 0 spiro atoms. The second-order valence-electron chi connectivity index (χ2n) is 5.68. The van der Waals surface area contributed by atoms with Crippen LogP contribution in [0.4, 0.5) is 0 Å². The van der Waals surface area contributed by atoms with Crippen LogP contribution in [0, 0.1) is 5.92 Å². The number of hydrogen-bond acceptors (Lipinski definition) is 1. The van der Waals surface area contributed by atoms with E-state index in [0.29, 0.717) is 5.92 Å². The van der Waals surface area contributed by atoms with Crippen molar-refractivity contribution in [3.63, 3.8) is 0 Å². The Balaban J connectivity index is 2.09. The Morgan fingerprint density at radius 2 is 1.89 bits per heavy atom. The summed E-state index contributed by atoms with van der Waals surface area (Å²) < 4.78 is 1.92. The van der Waals surface area contributed by atoms with E-state index in [2.05, 4.69) is 56.3 Å². The highest BCUT2D eigenvalue weighted by Gasteiger charge is 2.41. The van der Waals surface area contributed by atoms with Gasteiger partial charge in [0.25, 0.3) is 0 Å². The fraction of sp³-hybridized carbons (Fsp3) is 0.375. The molecule has 0 saturated carbocycles. The predicted molar refractivity (Wildman–Crippen MR) is 77.9 cm³/mol. The van der Waals surface area contributed by atoms with Gasteiger partial charge in [-0.2, -0.15) is 0 Å². The van der Waals surface area contributed by atoms with Crippen LogP contribution in [-0.4, -0.2) is 17.5 Å². The standard InChI is InChI=1S/C16H18ClN/c1-12-10-18(17)11-16(12,2)15-8-7-13-5-3-4-6-14(13)9-15/h3-9,12H,10-11H2,1-2H3/t12-,16-/m1/s1. The Kier molecular flexibility index (Phi) is 2.84. The van der Waals surface area contributed by atoms with Crippen molar-refractivity contribution in [3.05, 3.63) is 48.0 Å². The highest BCUT2D eigenvalue weighted by atomic mass is 35.5. The van der Waals surface area contributed by atoms with Gasteiger partial charge in [0, 0.05) is 18.5 Å². The first-order valence-corrected chi connectivity index (χ1v) is 6.83. The van der Waals surface area contributed by atoms with Crippen molar-refractivity contribution in [1.29, 1.82) is 0 Å². The Hall–Kier alpha value is -1.05. The first kappa shape index (κ1) is 12.0. The van der Waals surface area contributed by atoms with E-state index < -0.39 is 0 Å². The summed E-state index contributed by atoms with van der Waals surface area (Å²) in [7, 11) is 0. The smallest absolute Gasteiger partial charge is 0.0236 e. The summed E-state index contributed by atoms with van der Waals surface area (Å²) in [6, 6.07) is 15.3. The molecule has 1 heterocycles. The number of benzene rings is 2. The Labute approximate surface area is 113 Å². The molecule has 1 fully saturated rings. The Morgan fingerprint density at radius 1 is 1.17 bits per heavy atom. The fourth-order valence-corrected chi connectivity index (χ4v) is 3.45. The van der Waals surface area contributed by atoms with E-state index in [9.17, 15) is 0 Å². The van der Waals surface area contributed by atoms with Crippen LogP contribution in [0.2, 0.25) is 0 Å². The van der Waals surface area contributed by atoms with Crippen molar-refractivity contribution < 1.29 is 0 Å². The summed E-state index contributed by atoms with van der Waals surface area (Å²) in [5, 5.41) is 2.62. The topological polar surface area (TPSA) is 3.24 Å². The molecule has 1 saturated heterocycles. The number of nitrogens with zero attached hydrogens (tertiary/aromatic N) is 1. The van der Waals surface area contributed by atoms with Gasteiger partial charge in [-0.1, -0.05) is 56.3 Å². The van der Waals surface area contributed by atoms with E-state index in [1.165, 1.54) is 16.3 Å². The quantitative estimate of drug-likeness (QED) is 0.694.